The van der Waals surface area contributed by atoms with Gasteiger partial charge < -0.3 is 5.73 Å². The molecule has 0 aliphatic rings. The van der Waals surface area contributed by atoms with Crippen molar-refractivity contribution in [3.8, 4) is 11.3 Å². The molecule has 3 rings (SSSR count). The summed E-state index contributed by atoms with van der Waals surface area (Å²) in [5.41, 5.74) is 10.1. The number of rotatable bonds is 3. The van der Waals surface area contributed by atoms with Crippen molar-refractivity contribution in [1.82, 2.24) is 15.2 Å². The summed E-state index contributed by atoms with van der Waals surface area (Å²) in [6, 6.07) is 14.1. The Balaban J connectivity index is 2.00. The third kappa shape index (κ3) is 2.33. The van der Waals surface area contributed by atoms with Crippen LogP contribution in [0.2, 0.25) is 0 Å². The van der Waals surface area contributed by atoms with Crippen LogP contribution in [0.15, 0.2) is 54.9 Å². The summed E-state index contributed by atoms with van der Waals surface area (Å²) in [5.74, 6) is 0.544. The fraction of sp³-hybridized carbons (Fsp3) is 0.0667. The van der Waals surface area contributed by atoms with Crippen LogP contribution in [0.1, 0.15) is 11.1 Å². The molecule has 1 aromatic carbocycles. The number of nitrogens with one attached hydrogen (secondary N) is 1. The number of nitrogens with zero attached hydrogens (tertiary/aromatic N) is 2. The lowest BCUT2D eigenvalue weighted by molar-refractivity contribution is 1.10. The van der Waals surface area contributed by atoms with Crippen LogP contribution in [0.4, 0.5) is 5.82 Å². The molecule has 0 fully saturated rings. The van der Waals surface area contributed by atoms with Crippen LogP contribution in [-0.4, -0.2) is 15.2 Å². The average Bonchev–Trinajstić information content (AvgIpc) is 2.82. The third-order valence-electron chi connectivity index (χ3n) is 3.07. The number of hydrogen-bond acceptors (Lipinski definition) is 3. The van der Waals surface area contributed by atoms with Gasteiger partial charge in [-0.15, -0.1) is 0 Å². The van der Waals surface area contributed by atoms with Gasteiger partial charge >= 0.3 is 0 Å². The summed E-state index contributed by atoms with van der Waals surface area (Å²) >= 11 is 0. The Labute approximate surface area is 111 Å². The van der Waals surface area contributed by atoms with Crippen LogP contribution in [0, 0.1) is 0 Å². The van der Waals surface area contributed by atoms with Crippen molar-refractivity contribution in [2.45, 2.75) is 6.42 Å². The summed E-state index contributed by atoms with van der Waals surface area (Å²) in [7, 11) is 0. The zero-order valence-corrected chi connectivity index (χ0v) is 10.4. The smallest absolute Gasteiger partial charge is 0.149 e. The van der Waals surface area contributed by atoms with Gasteiger partial charge in [-0.1, -0.05) is 30.3 Å². The van der Waals surface area contributed by atoms with E-state index in [1.807, 2.05) is 30.3 Å². The summed E-state index contributed by atoms with van der Waals surface area (Å²) in [5, 5.41) is 7.11. The van der Waals surface area contributed by atoms with Gasteiger partial charge in [-0.05, 0) is 17.7 Å². The fourth-order valence-electron chi connectivity index (χ4n) is 2.11. The summed E-state index contributed by atoms with van der Waals surface area (Å²) in [4.78, 5) is 4.13. The minimum absolute atomic E-state index is 0.544. The second-order valence-corrected chi connectivity index (χ2v) is 4.37. The molecular formula is C15H14N4. The third-order valence-corrected chi connectivity index (χ3v) is 3.07. The lowest BCUT2D eigenvalue weighted by atomic mass is 10.0. The Hall–Kier alpha value is -2.62. The van der Waals surface area contributed by atoms with E-state index in [1.54, 1.807) is 12.4 Å². The maximum Gasteiger partial charge on any atom is 0.149 e. The SMILES string of the molecule is Nc1n[nH]c(-c2cccnc2)c1Cc1ccccc1. The van der Waals surface area contributed by atoms with Gasteiger partial charge in [0.2, 0.25) is 0 Å². The van der Waals surface area contributed by atoms with Crippen molar-refractivity contribution >= 4 is 5.82 Å². The minimum atomic E-state index is 0.544. The summed E-state index contributed by atoms with van der Waals surface area (Å²) in [6.45, 7) is 0. The van der Waals surface area contributed by atoms with Crippen molar-refractivity contribution in [2.75, 3.05) is 5.73 Å². The highest BCUT2D eigenvalue weighted by atomic mass is 15.2. The van der Waals surface area contributed by atoms with E-state index < -0.39 is 0 Å². The first-order valence-electron chi connectivity index (χ1n) is 6.11. The largest absolute Gasteiger partial charge is 0.382 e. The van der Waals surface area contributed by atoms with Crippen LogP contribution < -0.4 is 5.73 Å². The second kappa shape index (κ2) is 4.94. The molecule has 0 saturated heterocycles. The van der Waals surface area contributed by atoms with Crippen molar-refractivity contribution in [3.63, 3.8) is 0 Å². The first-order valence-corrected chi connectivity index (χ1v) is 6.11. The standard InChI is InChI=1S/C15H14N4/c16-15-13(9-11-5-2-1-3-6-11)14(18-19-15)12-7-4-8-17-10-12/h1-8,10H,9H2,(H3,16,18,19). The molecule has 0 bridgehead atoms. The van der Waals surface area contributed by atoms with E-state index in [1.165, 1.54) is 5.56 Å². The fourth-order valence-corrected chi connectivity index (χ4v) is 2.11. The normalized spacial score (nSPS) is 10.5. The van der Waals surface area contributed by atoms with Gasteiger partial charge in [0.25, 0.3) is 0 Å². The summed E-state index contributed by atoms with van der Waals surface area (Å²) < 4.78 is 0. The van der Waals surface area contributed by atoms with Gasteiger partial charge in [0.15, 0.2) is 0 Å². The molecule has 0 atom stereocenters. The Morgan fingerprint density at radius 1 is 1.05 bits per heavy atom. The number of pyridine rings is 1. The number of nitrogens with two attached hydrogens (primary N) is 1. The van der Waals surface area contributed by atoms with Crippen LogP contribution in [-0.2, 0) is 6.42 Å². The lowest BCUT2D eigenvalue weighted by Gasteiger charge is -2.04. The van der Waals surface area contributed by atoms with Crippen molar-refractivity contribution in [2.24, 2.45) is 0 Å². The Kier molecular flexibility index (Phi) is 2.98. The molecule has 0 unspecified atom stereocenters. The van der Waals surface area contributed by atoms with Crippen molar-refractivity contribution in [3.05, 3.63) is 66.0 Å². The average molecular weight is 250 g/mol. The molecule has 3 aromatic rings. The molecule has 0 saturated carbocycles. The number of aromatic amines is 1. The first kappa shape index (κ1) is 11.5. The van der Waals surface area contributed by atoms with Gasteiger partial charge in [-0.3, -0.25) is 10.1 Å². The van der Waals surface area contributed by atoms with Crippen LogP contribution in [0.3, 0.4) is 0 Å². The number of anilines is 1. The number of nitrogen functional groups attached to an aromatic ring is 1. The second-order valence-electron chi connectivity index (χ2n) is 4.37. The van der Waals surface area contributed by atoms with E-state index in [-0.39, 0.29) is 0 Å². The molecule has 0 radical (unpaired) electrons. The molecule has 0 aliphatic carbocycles. The quantitative estimate of drug-likeness (QED) is 0.751. The maximum absolute atomic E-state index is 5.96. The van der Waals surface area contributed by atoms with Gasteiger partial charge in [0.1, 0.15) is 5.82 Å². The summed E-state index contributed by atoms with van der Waals surface area (Å²) in [6.07, 6.45) is 4.31. The molecule has 4 nitrogen and oxygen atoms in total. The highest BCUT2D eigenvalue weighted by Crippen LogP contribution is 2.26. The molecule has 0 spiro atoms. The van der Waals surface area contributed by atoms with Crippen molar-refractivity contribution in [1.29, 1.82) is 0 Å². The monoisotopic (exact) mass is 250 g/mol. The highest BCUT2D eigenvalue weighted by molar-refractivity contribution is 5.67. The van der Waals surface area contributed by atoms with Crippen LogP contribution in [0.25, 0.3) is 11.3 Å². The van der Waals surface area contributed by atoms with E-state index in [0.29, 0.717) is 5.82 Å². The number of aromatic nitrogens is 3. The zero-order chi connectivity index (χ0) is 13.1. The number of hydrogen-bond donors (Lipinski definition) is 2. The van der Waals surface area contributed by atoms with E-state index in [0.717, 1.165) is 23.2 Å². The molecule has 19 heavy (non-hydrogen) atoms. The highest BCUT2D eigenvalue weighted by Gasteiger charge is 2.13. The van der Waals surface area contributed by atoms with E-state index >= 15 is 0 Å². The van der Waals surface area contributed by atoms with Crippen molar-refractivity contribution < 1.29 is 0 Å². The predicted molar refractivity (Wildman–Crippen MR) is 75.5 cm³/mol. The Bertz CT molecular complexity index is 659. The van der Waals surface area contributed by atoms with Crippen LogP contribution in [0.5, 0.6) is 0 Å². The van der Waals surface area contributed by atoms with Crippen LogP contribution >= 0.6 is 0 Å². The number of H-pyrrole nitrogens is 1. The zero-order valence-electron chi connectivity index (χ0n) is 10.4. The molecule has 3 N–H and O–H groups in total. The van der Waals surface area contributed by atoms with E-state index in [9.17, 15) is 0 Å². The van der Waals surface area contributed by atoms with Gasteiger partial charge in [0.05, 0.1) is 5.69 Å². The Morgan fingerprint density at radius 3 is 2.63 bits per heavy atom. The predicted octanol–water partition coefficient (Wildman–Crippen LogP) is 2.64. The molecule has 2 aromatic heterocycles. The number of benzene rings is 1. The first-order chi connectivity index (χ1) is 9.34. The molecule has 0 aliphatic heterocycles. The lowest BCUT2D eigenvalue weighted by Crippen LogP contribution is -1.95. The van der Waals surface area contributed by atoms with Gasteiger partial charge in [-0.25, -0.2) is 0 Å². The minimum Gasteiger partial charge on any atom is -0.382 e. The van der Waals surface area contributed by atoms with E-state index in [2.05, 4.69) is 27.3 Å². The molecule has 0 amide bonds. The maximum atomic E-state index is 5.96. The Morgan fingerprint density at radius 2 is 1.89 bits per heavy atom. The van der Waals surface area contributed by atoms with Gasteiger partial charge in [-0.2, -0.15) is 5.10 Å². The topological polar surface area (TPSA) is 67.6 Å². The van der Waals surface area contributed by atoms with E-state index in [4.69, 9.17) is 5.73 Å². The molecule has 94 valence electrons. The molecular weight excluding hydrogens is 236 g/mol. The molecule has 2 heterocycles. The van der Waals surface area contributed by atoms with Gasteiger partial charge in [0, 0.05) is 29.9 Å². The molecule has 4 heteroatoms.